The average Bonchev–Trinajstić information content (AvgIpc) is 3.47. The fraction of sp³-hybridized carbons (Fsp3) is 0.606. The number of hydrogen-bond donors (Lipinski definition) is 1. The van der Waals surface area contributed by atoms with E-state index in [4.69, 9.17) is 9.47 Å². The smallest absolute Gasteiger partial charge is 0.248 e. The van der Waals surface area contributed by atoms with Crippen molar-refractivity contribution < 1.29 is 29.0 Å². The summed E-state index contributed by atoms with van der Waals surface area (Å²) in [6, 6.07) is 6.33. The van der Waals surface area contributed by atoms with Crippen molar-refractivity contribution >= 4 is 23.4 Å². The lowest BCUT2D eigenvalue weighted by Gasteiger charge is -2.39. The van der Waals surface area contributed by atoms with E-state index in [1.165, 1.54) is 0 Å². The second-order valence-corrected chi connectivity index (χ2v) is 12.2. The third-order valence-corrected chi connectivity index (χ3v) is 9.39. The third-order valence-electron chi connectivity index (χ3n) is 9.39. The van der Waals surface area contributed by atoms with Gasteiger partial charge in [0.1, 0.15) is 17.4 Å². The van der Waals surface area contributed by atoms with Gasteiger partial charge in [-0.15, -0.1) is 13.2 Å². The van der Waals surface area contributed by atoms with E-state index in [1.54, 1.807) is 26.9 Å². The van der Waals surface area contributed by atoms with Crippen LogP contribution in [0.4, 0.5) is 5.69 Å². The number of hydrogen-bond acceptors (Lipinski definition) is 6. The Morgan fingerprint density at radius 3 is 2.40 bits per heavy atom. The summed E-state index contributed by atoms with van der Waals surface area (Å²) < 4.78 is 12.5. The first kappa shape index (κ1) is 31.8. The Morgan fingerprint density at radius 1 is 1.17 bits per heavy atom. The van der Waals surface area contributed by atoms with Gasteiger partial charge in [-0.3, -0.25) is 14.4 Å². The molecule has 0 saturated carbocycles. The number of carbonyl (C=O) groups is 3. The molecule has 1 spiro atoms. The highest BCUT2D eigenvalue weighted by atomic mass is 16.5. The maximum absolute atomic E-state index is 14.6. The van der Waals surface area contributed by atoms with Gasteiger partial charge >= 0.3 is 0 Å². The van der Waals surface area contributed by atoms with Gasteiger partial charge in [0.2, 0.25) is 17.7 Å². The minimum Gasteiger partial charge on any atom is -0.494 e. The molecule has 4 rings (SSSR count). The number of likely N-dealkylation sites (tertiary alicyclic amines) is 1. The Bertz CT molecular complexity index is 1180. The Kier molecular flexibility index (Phi) is 9.52. The molecule has 0 radical (unpaired) electrons. The van der Waals surface area contributed by atoms with Gasteiger partial charge in [-0.1, -0.05) is 19.1 Å². The van der Waals surface area contributed by atoms with E-state index in [0.717, 1.165) is 0 Å². The van der Waals surface area contributed by atoms with Crippen molar-refractivity contribution in [3.63, 3.8) is 0 Å². The molecule has 3 unspecified atom stereocenters. The van der Waals surface area contributed by atoms with Gasteiger partial charge in [0, 0.05) is 38.0 Å². The first-order chi connectivity index (χ1) is 20.0. The number of rotatable bonds is 14. The van der Waals surface area contributed by atoms with Gasteiger partial charge in [-0.25, -0.2) is 0 Å². The summed E-state index contributed by atoms with van der Waals surface area (Å²) in [6.07, 6.45) is 4.90. The summed E-state index contributed by atoms with van der Waals surface area (Å²) in [5.74, 6) is -1.59. The van der Waals surface area contributed by atoms with Crippen LogP contribution in [0.2, 0.25) is 0 Å². The van der Waals surface area contributed by atoms with Gasteiger partial charge in [0.05, 0.1) is 24.0 Å². The number of anilines is 1. The minimum absolute atomic E-state index is 0.00485. The van der Waals surface area contributed by atoms with Crippen LogP contribution in [0.5, 0.6) is 5.75 Å². The molecule has 9 heteroatoms. The Balaban J connectivity index is 1.79. The number of ether oxygens (including phenoxy) is 2. The van der Waals surface area contributed by atoms with Crippen molar-refractivity contribution in [2.45, 2.75) is 77.2 Å². The molecule has 3 saturated heterocycles. The molecule has 3 aliphatic heterocycles. The fourth-order valence-electron chi connectivity index (χ4n) is 7.39. The molecule has 3 aliphatic rings. The lowest BCUT2D eigenvalue weighted by Crippen LogP contribution is -2.58. The number of aliphatic hydroxyl groups excluding tert-OH is 1. The summed E-state index contributed by atoms with van der Waals surface area (Å²) >= 11 is 0. The van der Waals surface area contributed by atoms with Gasteiger partial charge in [0.25, 0.3) is 0 Å². The van der Waals surface area contributed by atoms with Crippen LogP contribution in [-0.2, 0) is 19.1 Å². The predicted molar refractivity (Wildman–Crippen MR) is 162 cm³/mol. The maximum atomic E-state index is 14.6. The van der Waals surface area contributed by atoms with Gasteiger partial charge in [-0.05, 0) is 77.1 Å². The molecule has 9 nitrogen and oxygen atoms in total. The van der Waals surface area contributed by atoms with Crippen LogP contribution in [0, 0.1) is 17.8 Å². The molecule has 1 N–H and O–H groups in total. The number of carbonyl (C=O) groups excluding carboxylic acids is 3. The standard InChI is InChI=1S/C33H47N3O6/c1-8-17-34(22(4)5)31(40)28-33-21-23(6)32(7,42-33)26(27(33)30(39)36(28)19-11-12-20-37)29(38)35(18-9-2)24-13-15-25(16-14-24)41-10-3/h8-9,13-16,22-23,26-28,37H,1-2,10-12,17-21H2,3-7H3/t23?,26-,27+,28?,32+,33?/m1/s1. The number of fused-ring (bicyclic) bond motifs is 1. The zero-order chi connectivity index (χ0) is 30.8. The van der Waals surface area contributed by atoms with Gasteiger partial charge in [-0.2, -0.15) is 0 Å². The van der Waals surface area contributed by atoms with Crippen LogP contribution in [0.25, 0.3) is 0 Å². The number of nitrogens with zero attached hydrogens (tertiary/aromatic N) is 3. The van der Waals surface area contributed by atoms with E-state index in [1.807, 2.05) is 58.9 Å². The van der Waals surface area contributed by atoms with Gasteiger partial charge in [0.15, 0.2) is 0 Å². The van der Waals surface area contributed by atoms with Crippen molar-refractivity contribution in [3.05, 3.63) is 49.6 Å². The highest BCUT2D eigenvalue weighted by Gasteiger charge is 2.80. The minimum atomic E-state index is -1.13. The molecule has 42 heavy (non-hydrogen) atoms. The van der Waals surface area contributed by atoms with Crippen LogP contribution in [0.3, 0.4) is 0 Å². The molecule has 3 heterocycles. The quantitative estimate of drug-likeness (QED) is 0.265. The second-order valence-electron chi connectivity index (χ2n) is 12.2. The number of benzene rings is 1. The average molecular weight is 582 g/mol. The topological polar surface area (TPSA) is 99.6 Å². The highest BCUT2D eigenvalue weighted by molar-refractivity contribution is 6.03. The van der Waals surface area contributed by atoms with E-state index in [2.05, 4.69) is 13.2 Å². The molecule has 2 bridgehead atoms. The second kappa shape index (κ2) is 12.6. The maximum Gasteiger partial charge on any atom is 0.248 e. The summed E-state index contributed by atoms with van der Waals surface area (Å²) in [5, 5.41) is 9.45. The Hall–Kier alpha value is -3.17. The van der Waals surface area contributed by atoms with E-state index in [9.17, 15) is 19.5 Å². The molecule has 230 valence electrons. The van der Waals surface area contributed by atoms with Crippen molar-refractivity contribution in [1.82, 2.24) is 9.80 Å². The fourth-order valence-corrected chi connectivity index (χ4v) is 7.39. The first-order valence-corrected chi connectivity index (χ1v) is 15.2. The first-order valence-electron chi connectivity index (χ1n) is 15.2. The van der Waals surface area contributed by atoms with Crippen molar-refractivity contribution in [3.8, 4) is 5.75 Å². The lowest BCUT2D eigenvalue weighted by molar-refractivity contribution is -0.153. The van der Waals surface area contributed by atoms with Crippen molar-refractivity contribution in [2.75, 3.05) is 37.7 Å². The zero-order valence-electron chi connectivity index (χ0n) is 25.8. The summed E-state index contributed by atoms with van der Waals surface area (Å²) in [6.45, 7) is 18.9. The summed E-state index contributed by atoms with van der Waals surface area (Å²) in [7, 11) is 0. The number of aliphatic hydroxyl groups is 1. The van der Waals surface area contributed by atoms with Crippen LogP contribution >= 0.6 is 0 Å². The molecule has 6 atom stereocenters. The van der Waals surface area contributed by atoms with Crippen molar-refractivity contribution in [2.24, 2.45) is 17.8 Å². The van der Waals surface area contributed by atoms with Crippen LogP contribution in [-0.4, -0.2) is 88.8 Å². The molecular weight excluding hydrogens is 534 g/mol. The van der Waals surface area contributed by atoms with E-state index >= 15 is 0 Å². The molecule has 1 aromatic rings. The summed E-state index contributed by atoms with van der Waals surface area (Å²) in [5.41, 5.74) is -1.39. The molecule has 1 aromatic carbocycles. The number of unbranched alkanes of at least 4 members (excludes halogenated alkanes) is 1. The largest absolute Gasteiger partial charge is 0.494 e. The Morgan fingerprint density at radius 2 is 1.83 bits per heavy atom. The number of amides is 3. The Labute approximate surface area is 250 Å². The normalized spacial score (nSPS) is 29.5. The van der Waals surface area contributed by atoms with Gasteiger partial charge < -0.3 is 29.3 Å². The van der Waals surface area contributed by atoms with Crippen LogP contribution < -0.4 is 9.64 Å². The highest BCUT2D eigenvalue weighted by Crippen LogP contribution is 2.65. The predicted octanol–water partition coefficient (Wildman–Crippen LogP) is 3.81. The van der Waals surface area contributed by atoms with Crippen LogP contribution in [0.1, 0.15) is 53.9 Å². The SMILES string of the molecule is C=CCN(C(=O)[C@H]1[C@H]2C(=O)N(CCCCO)C(C(=O)N(CC=C)C(C)C)C23CC(C)[C@]1(C)O3)c1ccc(OCC)cc1. The molecule has 0 aliphatic carbocycles. The monoisotopic (exact) mass is 581 g/mol. The van der Waals surface area contributed by atoms with E-state index in [0.29, 0.717) is 50.4 Å². The lowest BCUT2D eigenvalue weighted by atomic mass is 9.62. The molecule has 3 fully saturated rings. The summed E-state index contributed by atoms with van der Waals surface area (Å²) in [4.78, 5) is 48.4. The van der Waals surface area contributed by atoms with E-state index in [-0.39, 0.29) is 42.8 Å². The van der Waals surface area contributed by atoms with Crippen molar-refractivity contribution in [1.29, 1.82) is 0 Å². The molecule has 3 amide bonds. The van der Waals surface area contributed by atoms with E-state index < -0.39 is 29.1 Å². The molecular formula is C33H47N3O6. The third kappa shape index (κ3) is 5.15. The zero-order valence-corrected chi connectivity index (χ0v) is 25.8. The molecule has 0 aromatic heterocycles. The van der Waals surface area contributed by atoms with Crippen LogP contribution in [0.15, 0.2) is 49.6 Å².